The van der Waals surface area contributed by atoms with E-state index in [9.17, 15) is 27.2 Å². The molecule has 3 N–H and O–H groups in total. The molecule has 0 spiro atoms. The molecule has 0 saturated heterocycles. The zero-order valence-electron chi connectivity index (χ0n) is 13.4. The molecule has 0 bridgehead atoms. The zero-order valence-corrected chi connectivity index (χ0v) is 14.9. The summed E-state index contributed by atoms with van der Waals surface area (Å²) in [5.74, 6) is -1.89. The molecular formula is C17H11BrF4N2O3. The van der Waals surface area contributed by atoms with Gasteiger partial charge >= 0.3 is 12.3 Å². The fourth-order valence-corrected chi connectivity index (χ4v) is 3.33. The number of anilines is 1. The number of hydrogen-bond donors (Lipinski definition) is 2. The molecule has 0 fully saturated rings. The lowest BCUT2D eigenvalue weighted by Gasteiger charge is -2.40. The average molecular weight is 447 g/mol. The fourth-order valence-electron chi connectivity index (χ4n) is 2.97. The van der Waals surface area contributed by atoms with Gasteiger partial charge in [0.1, 0.15) is 5.82 Å². The second kappa shape index (κ2) is 6.52. The number of amides is 2. The normalized spacial score (nSPS) is 19.1. The second-order valence-electron chi connectivity index (χ2n) is 5.87. The molecule has 1 aliphatic heterocycles. The van der Waals surface area contributed by atoms with Crippen molar-refractivity contribution in [1.29, 1.82) is 0 Å². The fraction of sp³-hybridized carbons (Fsp3) is 0.176. The SMILES string of the molecule is NC(=O)c1ccc(F)cc1CC1(C(F)(F)F)OC(=O)Nc2ccc(Br)cc21. The van der Waals surface area contributed by atoms with Crippen LogP contribution in [0.4, 0.5) is 28.0 Å². The summed E-state index contributed by atoms with van der Waals surface area (Å²) >= 11 is 3.09. The largest absolute Gasteiger partial charge is 0.433 e. The Hall–Kier alpha value is -2.62. The third-order valence-corrected chi connectivity index (χ3v) is 4.64. The first kappa shape index (κ1) is 19.2. The van der Waals surface area contributed by atoms with Crippen LogP contribution in [0.5, 0.6) is 0 Å². The van der Waals surface area contributed by atoms with Gasteiger partial charge in [-0.1, -0.05) is 15.9 Å². The van der Waals surface area contributed by atoms with Gasteiger partial charge in [-0.25, -0.2) is 9.18 Å². The summed E-state index contributed by atoms with van der Waals surface area (Å²) < 4.78 is 61.2. The molecule has 10 heteroatoms. The molecule has 3 rings (SSSR count). The molecule has 1 atom stereocenters. The molecule has 1 unspecified atom stereocenters. The molecule has 5 nitrogen and oxygen atoms in total. The molecule has 1 aliphatic rings. The van der Waals surface area contributed by atoms with Gasteiger partial charge in [0.15, 0.2) is 0 Å². The van der Waals surface area contributed by atoms with Crippen molar-refractivity contribution in [3.8, 4) is 0 Å². The summed E-state index contributed by atoms with van der Waals surface area (Å²) in [6, 6.07) is 6.53. The molecule has 142 valence electrons. The third-order valence-electron chi connectivity index (χ3n) is 4.15. The Balaban J connectivity index is 2.26. The lowest BCUT2D eigenvalue weighted by molar-refractivity contribution is -0.264. The number of rotatable bonds is 3. The Morgan fingerprint density at radius 3 is 2.56 bits per heavy atom. The van der Waals surface area contributed by atoms with E-state index in [2.05, 4.69) is 21.2 Å². The van der Waals surface area contributed by atoms with Crippen LogP contribution < -0.4 is 11.1 Å². The number of cyclic esters (lactones) is 1. The van der Waals surface area contributed by atoms with E-state index in [4.69, 9.17) is 10.5 Å². The maximum Gasteiger partial charge on any atom is 0.433 e. The Kier molecular flexibility index (Phi) is 4.62. The number of fused-ring (bicyclic) bond motifs is 1. The molecule has 0 saturated carbocycles. The number of carbonyl (C=O) groups excluding carboxylic acids is 2. The van der Waals surface area contributed by atoms with Gasteiger partial charge in [-0.05, 0) is 42.0 Å². The minimum absolute atomic E-state index is 0.108. The molecule has 0 radical (unpaired) electrons. The molecule has 0 aliphatic carbocycles. The van der Waals surface area contributed by atoms with Crippen LogP contribution in [0.3, 0.4) is 0 Å². The van der Waals surface area contributed by atoms with E-state index in [1.165, 1.54) is 12.1 Å². The lowest BCUT2D eigenvalue weighted by atomic mass is 9.83. The van der Waals surface area contributed by atoms with Gasteiger partial charge in [0.25, 0.3) is 0 Å². The van der Waals surface area contributed by atoms with Gasteiger partial charge < -0.3 is 10.5 Å². The number of carbonyl (C=O) groups is 2. The van der Waals surface area contributed by atoms with Crippen molar-refractivity contribution in [3.05, 3.63) is 63.4 Å². The molecule has 0 aromatic heterocycles. The summed E-state index contributed by atoms with van der Waals surface area (Å²) in [6.45, 7) is 0. The number of primary amides is 1. The number of benzene rings is 2. The van der Waals surface area contributed by atoms with Crippen molar-refractivity contribution in [3.63, 3.8) is 0 Å². The average Bonchev–Trinajstić information content (AvgIpc) is 2.54. The van der Waals surface area contributed by atoms with E-state index in [-0.39, 0.29) is 22.4 Å². The van der Waals surface area contributed by atoms with Gasteiger partial charge in [0.2, 0.25) is 11.5 Å². The summed E-state index contributed by atoms with van der Waals surface area (Å²) in [6.07, 6.45) is -7.41. The van der Waals surface area contributed by atoms with Crippen LogP contribution in [0.15, 0.2) is 40.9 Å². The topological polar surface area (TPSA) is 81.4 Å². The monoisotopic (exact) mass is 446 g/mol. The van der Waals surface area contributed by atoms with E-state index in [1.54, 1.807) is 0 Å². The molecular weight excluding hydrogens is 436 g/mol. The molecule has 27 heavy (non-hydrogen) atoms. The summed E-state index contributed by atoms with van der Waals surface area (Å²) in [5, 5.41) is 2.20. The first-order valence-electron chi connectivity index (χ1n) is 7.48. The van der Waals surface area contributed by atoms with Gasteiger partial charge in [-0.3, -0.25) is 10.1 Å². The van der Waals surface area contributed by atoms with E-state index in [1.807, 2.05) is 0 Å². The van der Waals surface area contributed by atoms with Crippen molar-refractivity contribution < 1.29 is 31.9 Å². The highest BCUT2D eigenvalue weighted by molar-refractivity contribution is 9.10. The summed E-state index contributed by atoms with van der Waals surface area (Å²) in [5.41, 5.74) is 0.939. The predicted molar refractivity (Wildman–Crippen MR) is 90.6 cm³/mol. The van der Waals surface area contributed by atoms with Crippen LogP contribution in [-0.2, 0) is 16.8 Å². The van der Waals surface area contributed by atoms with Crippen LogP contribution in [0.1, 0.15) is 21.5 Å². The van der Waals surface area contributed by atoms with Crippen LogP contribution in [-0.4, -0.2) is 18.2 Å². The minimum Gasteiger partial charge on any atom is -0.428 e. The van der Waals surface area contributed by atoms with Crippen molar-refractivity contribution in [2.45, 2.75) is 18.2 Å². The quantitative estimate of drug-likeness (QED) is 0.691. The first-order chi connectivity index (χ1) is 12.5. The van der Waals surface area contributed by atoms with Gasteiger partial charge in [0, 0.05) is 22.0 Å². The van der Waals surface area contributed by atoms with E-state index < -0.39 is 36.0 Å². The Labute approximate surface area is 158 Å². The maximum atomic E-state index is 14.2. The van der Waals surface area contributed by atoms with Gasteiger partial charge in [-0.15, -0.1) is 0 Å². The minimum atomic E-state index is -5.07. The lowest BCUT2D eigenvalue weighted by Crippen LogP contribution is -2.52. The van der Waals surface area contributed by atoms with Crippen molar-refractivity contribution in [1.82, 2.24) is 0 Å². The number of nitrogens with one attached hydrogen (secondary N) is 1. The molecule has 1 heterocycles. The Morgan fingerprint density at radius 2 is 1.93 bits per heavy atom. The molecule has 2 amide bonds. The summed E-state index contributed by atoms with van der Waals surface area (Å²) in [7, 11) is 0. The van der Waals surface area contributed by atoms with Crippen molar-refractivity contribution in [2.24, 2.45) is 5.73 Å². The number of ether oxygens (including phenoxy) is 1. The number of hydrogen-bond acceptors (Lipinski definition) is 3. The first-order valence-corrected chi connectivity index (χ1v) is 8.28. The van der Waals surface area contributed by atoms with Gasteiger partial charge in [-0.2, -0.15) is 13.2 Å². The number of alkyl halides is 3. The van der Waals surface area contributed by atoms with E-state index >= 15 is 0 Å². The second-order valence-corrected chi connectivity index (χ2v) is 6.79. The smallest absolute Gasteiger partial charge is 0.428 e. The van der Waals surface area contributed by atoms with Crippen LogP contribution in [0.2, 0.25) is 0 Å². The standard InChI is InChI=1S/C17H11BrF4N2O3/c18-9-1-4-13-12(6-9)16(17(20,21)22,27-15(26)24-13)7-8-5-10(19)2-3-11(8)14(23)25/h1-6H,7H2,(H2,23,25)(H,24,26). The van der Waals surface area contributed by atoms with Crippen molar-refractivity contribution in [2.75, 3.05) is 5.32 Å². The third kappa shape index (κ3) is 3.36. The van der Waals surface area contributed by atoms with Crippen LogP contribution >= 0.6 is 15.9 Å². The predicted octanol–water partition coefficient (Wildman–Crippen LogP) is 4.25. The number of halogens is 5. The highest BCUT2D eigenvalue weighted by Crippen LogP contribution is 2.50. The summed E-state index contributed by atoms with van der Waals surface area (Å²) in [4.78, 5) is 23.4. The van der Waals surface area contributed by atoms with Crippen LogP contribution in [0.25, 0.3) is 0 Å². The van der Waals surface area contributed by atoms with Gasteiger partial charge in [0.05, 0.1) is 5.69 Å². The molecule has 2 aromatic rings. The highest BCUT2D eigenvalue weighted by Gasteiger charge is 2.62. The van der Waals surface area contributed by atoms with E-state index in [0.717, 1.165) is 24.3 Å². The number of nitrogens with two attached hydrogens (primary N) is 1. The Bertz CT molecular complexity index is 948. The van der Waals surface area contributed by atoms with Crippen LogP contribution in [0, 0.1) is 5.82 Å². The zero-order chi connectivity index (χ0) is 20.0. The van der Waals surface area contributed by atoms with E-state index in [0.29, 0.717) is 4.47 Å². The van der Waals surface area contributed by atoms with Crippen molar-refractivity contribution >= 4 is 33.6 Å². The highest BCUT2D eigenvalue weighted by atomic mass is 79.9. The maximum absolute atomic E-state index is 14.2. The Morgan fingerprint density at radius 1 is 1.22 bits per heavy atom. The molecule has 2 aromatic carbocycles.